The summed E-state index contributed by atoms with van der Waals surface area (Å²) in [7, 11) is 1.21. The van der Waals surface area contributed by atoms with Crippen LogP contribution in [0.2, 0.25) is 0 Å². The lowest BCUT2D eigenvalue weighted by atomic mass is 10.0. The summed E-state index contributed by atoms with van der Waals surface area (Å²) in [6, 6.07) is -0.252. The largest absolute Gasteiger partial charge is 0.493 e. The van der Waals surface area contributed by atoms with Crippen LogP contribution in [0.4, 0.5) is 8.78 Å². The van der Waals surface area contributed by atoms with Crippen LogP contribution >= 0.6 is 15.9 Å². The van der Waals surface area contributed by atoms with Gasteiger partial charge in [-0.3, -0.25) is 4.79 Å². The molecule has 0 fully saturated rings. The van der Waals surface area contributed by atoms with Crippen molar-refractivity contribution in [2.45, 2.75) is 12.5 Å². The molecule has 1 atom stereocenters. The highest BCUT2D eigenvalue weighted by atomic mass is 79.9. The molecule has 1 unspecified atom stereocenters. The van der Waals surface area contributed by atoms with E-state index in [1.165, 1.54) is 7.11 Å². The Morgan fingerprint density at radius 2 is 2.24 bits per heavy atom. The molecule has 0 bridgehead atoms. The highest BCUT2D eigenvalue weighted by Crippen LogP contribution is 2.32. The maximum atomic E-state index is 13.6. The van der Waals surface area contributed by atoms with E-state index in [0.717, 1.165) is 6.07 Å². The molecule has 7 heteroatoms. The summed E-state index contributed by atoms with van der Waals surface area (Å²) >= 11 is 2.72. The molecule has 3 N–H and O–H groups in total. The fraction of sp³-hybridized carbons (Fsp3) is 0.300. The summed E-state index contributed by atoms with van der Waals surface area (Å²) in [4.78, 5) is 10.6. The number of halogens is 3. The lowest BCUT2D eigenvalue weighted by Crippen LogP contribution is -2.32. The molecule has 0 amide bonds. The van der Waals surface area contributed by atoms with Crippen LogP contribution < -0.4 is 10.5 Å². The van der Waals surface area contributed by atoms with Gasteiger partial charge in [-0.15, -0.1) is 0 Å². The van der Waals surface area contributed by atoms with Crippen LogP contribution in [0.3, 0.4) is 0 Å². The molecule has 0 spiro atoms. The highest BCUT2D eigenvalue weighted by molar-refractivity contribution is 9.10. The number of hydrogen-bond donors (Lipinski definition) is 2. The van der Waals surface area contributed by atoms with Crippen LogP contribution in [0.5, 0.6) is 5.75 Å². The smallest absolute Gasteiger partial charge is 0.320 e. The van der Waals surface area contributed by atoms with Gasteiger partial charge in [-0.05, 0) is 22.0 Å². The summed E-state index contributed by atoms with van der Waals surface area (Å²) in [6.45, 7) is 0. The normalized spacial score (nSPS) is 12.3. The quantitative estimate of drug-likeness (QED) is 0.830. The molecule has 1 aromatic carbocycles. The number of carboxylic acids is 1. The zero-order valence-corrected chi connectivity index (χ0v) is 10.4. The second-order valence-electron chi connectivity index (χ2n) is 3.33. The first-order valence-electron chi connectivity index (χ1n) is 4.57. The van der Waals surface area contributed by atoms with Crippen molar-refractivity contribution in [1.29, 1.82) is 0 Å². The van der Waals surface area contributed by atoms with Crippen LogP contribution in [0.15, 0.2) is 10.5 Å². The third-order valence-electron chi connectivity index (χ3n) is 2.16. The van der Waals surface area contributed by atoms with E-state index in [1.54, 1.807) is 0 Å². The monoisotopic (exact) mass is 309 g/mol. The van der Waals surface area contributed by atoms with Crippen molar-refractivity contribution in [1.82, 2.24) is 0 Å². The number of hydrogen-bond acceptors (Lipinski definition) is 3. The molecule has 94 valence electrons. The zero-order valence-electron chi connectivity index (χ0n) is 8.84. The molecular weight excluding hydrogens is 300 g/mol. The van der Waals surface area contributed by atoms with Crippen LogP contribution in [-0.2, 0) is 11.2 Å². The molecule has 0 radical (unpaired) electrons. The SMILES string of the molecule is COc1c(CC(N)C(=O)O)cc(F)c(Br)c1F. The Morgan fingerprint density at radius 3 is 2.71 bits per heavy atom. The predicted molar refractivity (Wildman–Crippen MR) is 59.9 cm³/mol. The second-order valence-corrected chi connectivity index (χ2v) is 4.12. The summed E-state index contributed by atoms with van der Waals surface area (Å²) in [5, 5.41) is 8.64. The van der Waals surface area contributed by atoms with E-state index in [9.17, 15) is 13.6 Å². The third-order valence-corrected chi connectivity index (χ3v) is 2.88. The summed E-state index contributed by atoms with van der Waals surface area (Å²) in [6.07, 6.45) is -0.223. The molecule has 4 nitrogen and oxygen atoms in total. The molecule has 0 aliphatic rings. The van der Waals surface area contributed by atoms with Gasteiger partial charge < -0.3 is 15.6 Å². The number of nitrogens with two attached hydrogens (primary N) is 1. The van der Waals surface area contributed by atoms with Crippen molar-refractivity contribution < 1.29 is 23.4 Å². The van der Waals surface area contributed by atoms with Crippen LogP contribution in [0.1, 0.15) is 5.56 Å². The Kier molecular flexibility index (Phi) is 4.41. The van der Waals surface area contributed by atoms with Crippen LogP contribution in [-0.4, -0.2) is 24.2 Å². The van der Waals surface area contributed by atoms with E-state index in [4.69, 9.17) is 15.6 Å². The Balaban J connectivity index is 3.19. The van der Waals surface area contributed by atoms with E-state index >= 15 is 0 Å². The number of benzene rings is 1. The standard InChI is InChI=1S/C10H10BrF2NO3/c1-17-9-4(3-6(14)10(15)16)2-5(12)7(11)8(9)13/h2,6H,3,14H2,1H3,(H,15,16). The first kappa shape index (κ1) is 13.9. The van der Waals surface area contributed by atoms with E-state index < -0.39 is 23.6 Å². The lowest BCUT2D eigenvalue weighted by Gasteiger charge is -2.13. The molecule has 0 aliphatic carbocycles. The minimum Gasteiger partial charge on any atom is -0.493 e. The van der Waals surface area contributed by atoms with Gasteiger partial charge in [-0.1, -0.05) is 0 Å². The number of methoxy groups -OCH3 is 1. The minimum atomic E-state index is -1.25. The number of rotatable bonds is 4. The van der Waals surface area contributed by atoms with Gasteiger partial charge in [0.1, 0.15) is 11.9 Å². The van der Waals surface area contributed by atoms with Crippen LogP contribution in [0.25, 0.3) is 0 Å². The highest BCUT2D eigenvalue weighted by Gasteiger charge is 2.21. The van der Waals surface area contributed by atoms with Gasteiger partial charge in [0.25, 0.3) is 0 Å². The fourth-order valence-electron chi connectivity index (χ4n) is 1.32. The summed E-state index contributed by atoms with van der Waals surface area (Å²) in [5.41, 5.74) is 5.37. The molecular formula is C10H10BrF2NO3. The third kappa shape index (κ3) is 2.92. The molecule has 0 aromatic heterocycles. The number of carbonyl (C=O) groups is 1. The van der Waals surface area contributed by atoms with Gasteiger partial charge in [-0.25, -0.2) is 8.78 Å². The average Bonchev–Trinajstić information content (AvgIpc) is 2.26. The molecule has 1 aromatic rings. The van der Waals surface area contributed by atoms with Gasteiger partial charge in [-0.2, -0.15) is 0 Å². The number of carboxylic acid groups (broad SMARTS) is 1. The van der Waals surface area contributed by atoms with E-state index in [2.05, 4.69) is 15.9 Å². The molecule has 0 aliphatic heterocycles. The number of aliphatic carboxylic acids is 1. The molecule has 0 heterocycles. The fourth-order valence-corrected chi connectivity index (χ4v) is 1.62. The van der Waals surface area contributed by atoms with Crippen molar-refractivity contribution in [2.24, 2.45) is 5.73 Å². The van der Waals surface area contributed by atoms with Gasteiger partial charge >= 0.3 is 5.97 Å². The molecule has 1 rings (SSSR count). The van der Waals surface area contributed by atoms with Crippen molar-refractivity contribution in [3.05, 3.63) is 27.7 Å². The first-order chi connectivity index (χ1) is 7.88. The Morgan fingerprint density at radius 1 is 1.65 bits per heavy atom. The zero-order chi connectivity index (χ0) is 13.2. The van der Waals surface area contributed by atoms with Crippen molar-refractivity contribution in [3.8, 4) is 5.75 Å². The Hall–Kier alpha value is -1.21. The Labute approximate surface area is 104 Å². The topological polar surface area (TPSA) is 72.5 Å². The Bertz CT molecular complexity index is 454. The minimum absolute atomic E-state index is 0.0700. The van der Waals surface area contributed by atoms with Gasteiger partial charge in [0, 0.05) is 12.0 Å². The van der Waals surface area contributed by atoms with Gasteiger partial charge in [0.15, 0.2) is 11.6 Å². The van der Waals surface area contributed by atoms with E-state index in [0.29, 0.717) is 0 Å². The van der Waals surface area contributed by atoms with Gasteiger partial charge in [0.2, 0.25) is 0 Å². The maximum absolute atomic E-state index is 13.6. The average molecular weight is 310 g/mol. The molecule has 17 heavy (non-hydrogen) atoms. The first-order valence-corrected chi connectivity index (χ1v) is 5.36. The van der Waals surface area contributed by atoms with E-state index in [1.807, 2.05) is 0 Å². The van der Waals surface area contributed by atoms with Crippen molar-refractivity contribution in [2.75, 3.05) is 7.11 Å². The predicted octanol–water partition coefficient (Wildman–Crippen LogP) is 1.69. The van der Waals surface area contributed by atoms with Crippen molar-refractivity contribution in [3.63, 3.8) is 0 Å². The molecule has 0 saturated carbocycles. The number of ether oxygens (including phenoxy) is 1. The van der Waals surface area contributed by atoms with Crippen LogP contribution in [0, 0.1) is 11.6 Å². The van der Waals surface area contributed by atoms with E-state index in [-0.39, 0.29) is 22.2 Å². The molecule has 0 saturated heterocycles. The van der Waals surface area contributed by atoms with Gasteiger partial charge in [0.05, 0.1) is 11.6 Å². The maximum Gasteiger partial charge on any atom is 0.320 e. The lowest BCUT2D eigenvalue weighted by molar-refractivity contribution is -0.138. The summed E-state index contributed by atoms with van der Waals surface area (Å²) < 4.78 is 31.3. The summed E-state index contributed by atoms with van der Waals surface area (Å²) in [5.74, 6) is -3.22. The second kappa shape index (κ2) is 5.42. The van der Waals surface area contributed by atoms with Crippen molar-refractivity contribution >= 4 is 21.9 Å².